The summed E-state index contributed by atoms with van der Waals surface area (Å²) in [6.45, 7) is 0. The van der Waals surface area contributed by atoms with Crippen LogP contribution >= 0.6 is 0 Å². The van der Waals surface area contributed by atoms with Gasteiger partial charge in [-0.05, 0) is 17.2 Å². The van der Waals surface area contributed by atoms with Gasteiger partial charge in [0.15, 0.2) is 0 Å². The summed E-state index contributed by atoms with van der Waals surface area (Å²) in [5.74, 6) is 2.66. The first-order valence-electron chi connectivity index (χ1n) is 3.86. The van der Waals surface area contributed by atoms with E-state index in [1.54, 1.807) is 0 Å². The second kappa shape index (κ2) is 2.71. The average molecular weight is 152 g/mol. The highest BCUT2D eigenvalue weighted by Gasteiger charge is 2.03. The molecule has 0 unspecified atom stereocenters. The third-order valence-corrected chi connectivity index (χ3v) is 1.95. The van der Waals surface area contributed by atoms with Crippen molar-refractivity contribution < 1.29 is 0 Å². The van der Waals surface area contributed by atoms with Gasteiger partial charge in [-0.2, -0.15) is 0 Å². The van der Waals surface area contributed by atoms with Crippen LogP contribution in [-0.4, -0.2) is 0 Å². The molecule has 0 radical (unpaired) electrons. The summed E-state index contributed by atoms with van der Waals surface area (Å²) >= 11 is 0. The highest BCUT2D eigenvalue weighted by Crippen LogP contribution is 2.25. The van der Waals surface area contributed by atoms with Crippen molar-refractivity contribution in [1.82, 2.24) is 0 Å². The van der Waals surface area contributed by atoms with Crippen molar-refractivity contribution in [2.45, 2.75) is 0 Å². The van der Waals surface area contributed by atoms with E-state index in [1.807, 2.05) is 36.4 Å². The summed E-state index contributed by atoms with van der Waals surface area (Å²) in [5, 5.41) is 0. The first kappa shape index (κ1) is 6.94. The maximum Gasteiger partial charge on any atom is 0.0321 e. The molecule has 0 atom stereocenters. The molecule has 0 aromatic rings. The number of rotatable bonds is 0. The molecule has 0 saturated heterocycles. The molecule has 0 nitrogen and oxygen atoms in total. The first-order valence-corrected chi connectivity index (χ1v) is 3.86. The molecule has 0 amide bonds. The maximum absolute atomic E-state index is 5.35. The monoisotopic (exact) mass is 152 g/mol. The van der Waals surface area contributed by atoms with Gasteiger partial charge in [0, 0.05) is 5.56 Å². The van der Waals surface area contributed by atoms with E-state index in [4.69, 9.17) is 6.42 Å². The van der Waals surface area contributed by atoms with Gasteiger partial charge in [-0.3, -0.25) is 0 Å². The predicted molar refractivity (Wildman–Crippen MR) is 51.0 cm³/mol. The zero-order valence-corrected chi connectivity index (χ0v) is 6.62. The fourth-order valence-corrected chi connectivity index (χ4v) is 1.34. The topological polar surface area (TPSA) is 0 Å². The van der Waals surface area contributed by atoms with E-state index >= 15 is 0 Å². The molecule has 2 aliphatic rings. The molecule has 0 fully saturated rings. The van der Waals surface area contributed by atoms with Crippen LogP contribution in [0.2, 0.25) is 0 Å². The Kier molecular flexibility index (Phi) is 1.57. The van der Waals surface area contributed by atoms with Crippen LogP contribution in [0.15, 0.2) is 42.5 Å². The lowest BCUT2D eigenvalue weighted by Crippen LogP contribution is -1.69. The molecule has 0 heteroatoms. The molecule has 2 rings (SSSR count). The van der Waals surface area contributed by atoms with E-state index in [1.165, 1.54) is 5.56 Å². The summed E-state index contributed by atoms with van der Waals surface area (Å²) < 4.78 is 0. The molecule has 0 bridgehead atoms. The van der Waals surface area contributed by atoms with Crippen molar-refractivity contribution in [3.05, 3.63) is 48.0 Å². The van der Waals surface area contributed by atoms with Gasteiger partial charge in [0.1, 0.15) is 0 Å². The van der Waals surface area contributed by atoms with Crippen molar-refractivity contribution in [2.24, 2.45) is 0 Å². The van der Waals surface area contributed by atoms with Gasteiger partial charge in [0.2, 0.25) is 0 Å². The van der Waals surface area contributed by atoms with E-state index < -0.39 is 0 Å². The van der Waals surface area contributed by atoms with Crippen LogP contribution in [0.3, 0.4) is 0 Å². The van der Waals surface area contributed by atoms with Crippen molar-refractivity contribution in [2.75, 3.05) is 0 Å². The molecule has 0 aromatic carbocycles. The van der Waals surface area contributed by atoms with Crippen LogP contribution in [0, 0.1) is 12.3 Å². The van der Waals surface area contributed by atoms with Crippen LogP contribution in [-0.2, 0) is 0 Å². The summed E-state index contributed by atoms with van der Waals surface area (Å²) in [4.78, 5) is 0. The third-order valence-electron chi connectivity index (χ3n) is 1.95. The van der Waals surface area contributed by atoms with Gasteiger partial charge in [-0.1, -0.05) is 42.3 Å². The number of hydrogen-bond donors (Lipinski definition) is 0. The van der Waals surface area contributed by atoms with E-state index in [0.29, 0.717) is 0 Å². The van der Waals surface area contributed by atoms with E-state index in [2.05, 4.69) is 12.0 Å². The van der Waals surface area contributed by atoms with Crippen LogP contribution in [0.4, 0.5) is 0 Å². The van der Waals surface area contributed by atoms with Gasteiger partial charge < -0.3 is 0 Å². The number of hydrogen-bond acceptors (Lipinski definition) is 0. The molecule has 56 valence electrons. The molecular formula is C12H8. The zero-order valence-electron chi connectivity index (χ0n) is 6.62. The molecule has 0 aromatic heterocycles. The summed E-state index contributed by atoms with van der Waals surface area (Å²) in [5.41, 5.74) is 3.33. The quantitative estimate of drug-likeness (QED) is 0.509. The molecule has 0 spiro atoms. The fraction of sp³-hybridized carbons (Fsp3) is 0. The van der Waals surface area contributed by atoms with Crippen molar-refractivity contribution >= 4 is 0 Å². The van der Waals surface area contributed by atoms with Crippen LogP contribution in [0.5, 0.6) is 0 Å². The summed E-state index contributed by atoms with van der Waals surface area (Å²) in [6, 6.07) is 14.2. The predicted octanol–water partition coefficient (Wildman–Crippen LogP) is 2.77. The van der Waals surface area contributed by atoms with Gasteiger partial charge in [0.25, 0.3) is 0 Å². The normalized spacial score (nSPS) is 9.58. The van der Waals surface area contributed by atoms with Gasteiger partial charge in [-0.15, -0.1) is 6.42 Å². The minimum atomic E-state index is 0.973. The molecule has 0 N–H and O–H groups in total. The summed E-state index contributed by atoms with van der Waals surface area (Å²) in [7, 11) is 0. The SMILES string of the molecule is C#Cc1ccc2cccccc1-2. The number of fused-ring (bicyclic) bond motifs is 1. The number of terminal acetylenes is 1. The average Bonchev–Trinajstić information content (AvgIpc) is 2.33. The van der Waals surface area contributed by atoms with E-state index in [9.17, 15) is 0 Å². The van der Waals surface area contributed by atoms with Crippen molar-refractivity contribution in [3.63, 3.8) is 0 Å². The molecule has 0 heterocycles. The first-order chi connectivity index (χ1) is 5.92. The van der Waals surface area contributed by atoms with Crippen LogP contribution < -0.4 is 0 Å². The molecule has 0 saturated carbocycles. The Labute approximate surface area is 72.2 Å². The van der Waals surface area contributed by atoms with Gasteiger partial charge in [0.05, 0.1) is 0 Å². The van der Waals surface area contributed by atoms with Gasteiger partial charge >= 0.3 is 0 Å². The Morgan fingerprint density at radius 3 is 2.58 bits per heavy atom. The van der Waals surface area contributed by atoms with Crippen LogP contribution in [0.25, 0.3) is 11.1 Å². The Morgan fingerprint density at radius 1 is 0.917 bits per heavy atom. The Balaban J connectivity index is 2.75. The lowest BCUT2D eigenvalue weighted by Gasteiger charge is -1.91. The Hall–Kier alpha value is -1.74. The smallest absolute Gasteiger partial charge is 0.0321 e. The standard InChI is InChI=1S/C12H8/c1-2-10-8-9-11-6-4-3-5-7-12(10)11/h1,3-9H. The second-order valence-corrected chi connectivity index (χ2v) is 2.67. The molecule has 2 aliphatic carbocycles. The lowest BCUT2D eigenvalue weighted by molar-refractivity contribution is 1.78. The fourth-order valence-electron chi connectivity index (χ4n) is 1.34. The maximum atomic E-state index is 5.35. The minimum absolute atomic E-state index is 0.973. The molecule has 12 heavy (non-hydrogen) atoms. The second-order valence-electron chi connectivity index (χ2n) is 2.67. The van der Waals surface area contributed by atoms with Crippen molar-refractivity contribution in [1.29, 1.82) is 0 Å². The Bertz CT molecular complexity index is 407. The highest BCUT2D eigenvalue weighted by atomic mass is 14.1. The van der Waals surface area contributed by atoms with E-state index in [-0.39, 0.29) is 0 Å². The molecule has 0 aliphatic heterocycles. The zero-order chi connectivity index (χ0) is 8.39. The van der Waals surface area contributed by atoms with E-state index in [0.717, 1.165) is 11.1 Å². The highest BCUT2D eigenvalue weighted by molar-refractivity contribution is 5.73. The largest absolute Gasteiger partial charge is 0.115 e. The third kappa shape index (κ3) is 0.963. The summed E-state index contributed by atoms with van der Waals surface area (Å²) in [6.07, 6.45) is 5.35. The van der Waals surface area contributed by atoms with Gasteiger partial charge in [-0.25, -0.2) is 0 Å². The molecular weight excluding hydrogens is 144 g/mol. The van der Waals surface area contributed by atoms with Crippen LogP contribution in [0.1, 0.15) is 5.56 Å². The Morgan fingerprint density at radius 2 is 1.75 bits per heavy atom. The van der Waals surface area contributed by atoms with Crippen molar-refractivity contribution in [3.8, 4) is 23.5 Å². The lowest BCUT2D eigenvalue weighted by atomic mass is 10.1. The minimum Gasteiger partial charge on any atom is -0.115 e.